The van der Waals surface area contributed by atoms with Crippen molar-refractivity contribution >= 4 is 17.5 Å². The molecule has 1 N–H and O–H groups in total. The molecule has 2 aromatic rings. The number of hydrogen-bond donors (Lipinski definition) is 1. The van der Waals surface area contributed by atoms with Gasteiger partial charge in [0.25, 0.3) is 0 Å². The molecule has 0 spiro atoms. The third-order valence-corrected chi connectivity index (χ3v) is 4.50. The Morgan fingerprint density at radius 1 is 1.04 bits per heavy atom. The number of ether oxygens (including phenoxy) is 1. The van der Waals surface area contributed by atoms with Gasteiger partial charge in [-0.05, 0) is 49.6 Å². The average molecular weight is 368 g/mol. The Kier molecular flexibility index (Phi) is 6.99. The van der Waals surface area contributed by atoms with Crippen LogP contribution in [0, 0.1) is 20.8 Å². The molecule has 0 saturated carbocycles. The van der Waals surface area contributed by atoms with E-state index in [0.29, 0.717) is 13.1 Å². The lowest BCUT2D eigenvalue weighted by Crippen LogP contribution is -2.34. The number of benzene rings is 2. The second kappa shape index (κ2) is 9.21. The van der Waals surface area contributed by atoms with Gasteiger partial charge in [-0.2, -0.15) is 0 Å². The van der Waals surface area contributed by atoms with E-state index in [1.54, 1.807) is 12.0 Å². The Morgan fingerprint density at radius 2 is 1.63 bits per heavy atom. The van der Waals surface area contributed by atoms with Gasteiger partial charge in [0, 0.05) is 32.1 Å². The second-order valence-corrected chi connectivity index (χ2v) is 6.79. The van der Waals surface area contributed by atoms with Crippen LogP contribution < -0.4 is 15.0 Å². The number of carbonyl (C=O) groups is 2. The van der Waals surface area contributed by atoms with Gasteiger partial charge >= 0.3 is 0 Å². The minimum atomic E-state index is -0.0838. The maximum atomic E-state index is 12.2. The number of hydrogen-bond acceptors (Lipinski definition) is 3. The van der Waals surface area contributed by atoms with Crippen LogP contribution in [-0.2, 0) is 16.1 Å². The Morgan fingerprint density at radius 3 is 2.15 bits per heavy atom. The minimum absolute atomic E-state index is 0.0620. The van der Waals surface area contributed by atoms with Gasteiger partial charge in [-0.15, -0.1) is 0 Å². The number of anilines is 1. The summed E-state index contributed by atoms with van der Waals surface area (Å²) in [5.41, 5.74) is 5.14. The van der Waals surface area contributed by atoms with E-state index >= 15 is 0 Å². The molecule has 0 unspecified atom stereocenters. The largest absolute Gasteiger partial charge is 0.497 e. The van der Waals surface area contributed by atoms with Gasteiger partial charge in [-0.25, -0.2) is 0 Å². The van der Waals surface area contributed by atoms with E-state index < -0.39 is 0 Å². The van der Waals surface area contributed by atoms with Gasteiger partial charge in [0.15, 0.2) is 0 Å². The molecule has 0 radical (unpaired) electrons. The van der Waals surface area contributed by atoms with Gasteiger partial charge in [0.2, 0.25) is 11.8 Å². The van der Waals surface area contributed by atoms with Crippen LogP contribution in [0.3, 0.4) is 0 Å². The molecule has 0 aromatic heterocycles. The van der Waals surface area contributed by atoms with Crippen LogP contribution in [0.4, 0.5) is 5.69 Å². The molecule has 0 aliphatic carbocycles. The highest BCUT2D eigenvalue weighted by Crippen LogP contribution is 2.26. The Hall–Kier alpha value is -2.82. The minimum Gasteiger partial charge on any atom is -0.497 e. The SMILES string of the molecule is COc1ccc(CNC(=O)CCN(C(C)=O)c2c(C)cc(C)cc2C)cc1. The number of nitrogens with one attached hydrogen (secondary N) is 1. The molecule has 2 rings (SSSR count). The number of amides is 2. The summed E-state index contributed by atoms with van der Waals surface area (Å²) in [5.74, 6) is 0.638. The van der Waals surface area contributed by atoms with E-state index in [0.717, 1.165) is 33.7 Å². The van der Waals surface area contributed by atoms with Gasteiger partial charge in [0.05, 0.1) is 7.11 Å². The topological polar surface area (TPSA) is 58.6 Å². The molecule has 0 aliphatic rings. The number of methoxy groups -OCH3 is 1. The number of nitrogens with zero attached hydrogens (tertiary/aromatic N) is 1. The van der Waals surface area contributed by atoms with Gasteiger partial charge in [-0.3, -0.25) is 9.59 Å². The molecular weight excluding hydrogens is 340 g/mol. The van der Waals surface area contributed by atoms with Crippen molar-refractivity contribution in [2.45, 2.75) is 40.7 Å². The van der Waals surface area contributed by atoms with Crippen LogP contribution in [0.25, 0.3) is 0 Å². The molecule has 0 saturated heterocycles. The van der Waals surface area contributed by atoms with E-state index in [1.165, 1.54) is 6.92 Å². The van der Waals surface area contributed by atoms with Crippen molar-refractivity contribution in [3.63, 3.8) is 0 Å². The third-order valence-electron chi connectivity index (χ3n) is 4.50. The zero-order chi connectivity index (χ0) is 20.0. The zero-order valence-corrected chi connectivity index (χ0v) is 16.8. The van der Waals surface area contributed by atoms with Crippen molar-refractivity contribution in [1.29, 1.82) is 0 Å². The van der Waals surface area contributed by atoms with Gasteiger partial charge in [-0.1, -0.05) is 29.8 Å². The summed E-state index contributed by atoms with van der Waals surface area (Å²) in [6, 6.07) is 11.7. The van der Waals surface area contributed by atoms with Crippen LogP contribution in [0.5, 0.6) is 5.75 Å². The van der Waals surface area contributed by atoms with Gasteiger partial charge in [0.1, 0.15) is 5.75 Å². The summed E-state index contributed by atoms with van der Waals surface area (Å²) >= 11 is 0. The second-order valence-electron chi connectivity index (χ2n) is 6.79. The first-order valence-corrected chi connectivity index (χ1v) is 9.07. The molecule has 0 fully saturated rings. The predicted molar refractivity (Wildman–Crippen MR) is 108 cm³/mol. The number of rotatable bonds is 7. The quantitative estimate of drug-likeness (QED) is 0.811. The van der Waals surface area contributed by atoms with Crippen LogP contribution >= 0.6 is 0 Å². The van der Waals surface area contributed by atoms with Crippen molar-refractivity contribution in [2.75, 3.05) is 18.6 Å². The molecule has 5 nitrogen and oxygen atoms in total. The van der Waals surface area contributed by atoms with Crippen LogP contribution in [0.15, 0.2) is 36.4 Å². The fourth-order valence-corrected chi connectivity index (χ4v) is 3.27. The Balaban J connectivity index is 1.97. The van der Waals surface area contributed by atoms with E-state index in [1.807, 2.05) is 45.0 Å². The molecule has 0 atom stereocenters. The highest BCUT2D eigenvalue weighted by Gasteiger charge is 2.17. The fourth-order valence-electron chi connectivity index (χ4n) is 3.27. The third kappa shape index (κ3) is 5.58. The lowest BCUT2D eigenvalue weighted by Gasteiger charge is -2.25. The predicted octanol–water partition coefficient (Wildman–Crippen LogP) is 3.68. The Labute approximate surface area is 161 Å². The summed E-state index contributed by atoms with van der Waals surface area (Å²) in [6.07, 6.45) is 0.252. The molecular formula is C22H28N2O3. The van der Waals surface area contributed by atoms with Gasteiger partial charge < -0.3 is 15.0 Å². The molecule has 2 aromatic carbocycles. The van der Waals surface area contributed by atoms with Crippen molar-refractivity contribution in [3.05, 3.63) is 58.7 Å². The molecule has 0 aliphatic heterocycles. The first kappa shape index (κ1) is 20.5. The van der Waals surface area contributed by atoms with Crippen LogP contribution in [-0.4, -0.2) is 25.5 Å². The summed E-state index contributed by atoms with van der Waals surface area (Å²) in [6.45, 7) is 8.37. The van der Waals surface area contributed by atoms with Crippen molar-refractivity contribution in [2.24, 2.45) is 0 Å². The summed E-state index contributed by atoms with van der Waals surface area (Å²) in [4.78, 5) is 26.1. The maximum Gasteiger partial charge on any atom is 0.223 e. The summed E-state index contributed by atoms with van der Waals surface area (Å²) in [5, 5.41) is 2.90. The molecule has 0 bridgehead atoms. The van der Waals surface area contributed by atoms with E-state index in [9.17, 15) is 9.59 Å². The van der Waals surface area contributed by atoms with Crippen LogP contribution in [0.2, 0.25) is 0 Å². The van der Waals surface area contributed by atoms with E-state index in [4.69, 9.17) is 4.74 Å². The first-order valence-electron chi connectivity index (χ1n) is 9.07. The van der Waals surface area contributed by atoms with E-state index in [-0.39, 0.29) is 18.2 Å². The molecule has 144 valence electrons. The van der Waals surface area contributed by atoms with Crippen molar-refractivity contribution < 1.29 is 14.3 Å². The van der Waals surface area contributed by atoms with Crippen LogP contribution in [0.1, 0.15) is 35.6 Å². The van der Waals surface area contributed by atoms with Crippen molar-refractivity contribution in [3.8, 4) is 5.75 Å². The summed E-state index contributed by atoms with van der Waals surface area (Å²) in [7, 11) is 1.62. The standard InChI is InChI=1S/C22H28N2O3/c1-15-12-16(2)22(17(3)13-15)24(18(4)25)11-10-21(26)23-14-19-6-8-20(27-5)9-7-19/h6-9,12-13H,10-11,14H2,1-5H3,(H,23,26). The highest BCUT2D eigenvalue weighted by atomic mass is 16.5. The Bertz CT molecular complexity index is 790. The molecule has 27 heavy (non-hydrogen) atoms. The van der Waals surface area contributed by atoms with Crippen molar-refractivity contribution in [1.82, 2.24) is 5.32 Å². The summed E-state index contributed by atoms with van der Waals surface area (Å²) < 4.78 is 5.13. The highest BCUT2D eigenvalue weighted by molar-refractivity contribution is 5.94. The maximum absolute atomic E-state index is 12.2. The fraction of sp³-hybridized carbons (Fsp3) is 0.364. The molecule has 5 heteroatoms. The lowest BCUT2D eigenvalue weighted by atomic mass is 10.0. The van der Waals surface area contributed by atoms with E-state index in [2.05, 4.69) is 17.4 Å². The first-order chi connectivity index (χ1) is 12.8. The molecule has 2 amide bonds. The normalized spacial score (nSPS) is 10.4. The average Bonchev–Trinajstić information content (AvgIpc) is 2.62. The molecule has 0 heterocycles. The smallest absolute Gasteiger partial charge is 0.223 e. The number of aryl methyl sites for hydroxylation is 3. The monoisotopic (exact) mass is 368 g/mol. The number of carbonyl (C=O) groups excluding carboxylic acids is 2. The lowest BCUT2D eigenvalue weighted by molar-refractivity contribution is -0.121. The zero-order valence-electron chi connectivity index (χ0n) is 16.8.